The predicted molar refractivity (Wildman–Crippen MR) is 127 cm³/mol. The maximum Gasteiger partial charge on any atom is 0.296 e. The molecule has 6 nitrogen and oxygen atoms in total. The average Bonchev–Trinajstić information content (AvgIpc) is 3.15. The smallest absolute Gasteiger partial charge is 0.296 e. The summed E-state index contributed by atoms with van der Waals surface area (Å²) in [6.07, 6.45) is 4.89. The van der Waals surface area contributed by atoms with Gasteiger partial charge in [-0.1, -0.05) is 50.1 Å². The Morgan fingerprint density at radius 1 is 0.970 bits per heavy atom. The number of hydrogen-bond acceptors (Lipinski definition) is 5. The summed E-state index contributed by atoms with van der Waals surface area (Å²) in [6, 6.07) is 19.3. The van der Waals surface area contributed by atoms with E-state index in [0.717, 1.165) is 30.6 Å². The minimum atomic E-state index is -0.641. The number of rotatable bonds is 7. The number of hydrogen-bond donors (Lipinski definition) is 0. The zero-order valence-corrected chi connectivity index (χ0v) is 18.4. The lowest BCUT2D eigenvalue weighted by Crippen LogP contribution is -2.30. The molecule has 1 aliphatic heterocycles. The Morgan fingerprint density at radius 3 is 2.52 bits per heavy atom. The highest BCUT2D eigenvalue weighted by Gasteiger charge is 2.44. The fourth-order valence-electron chi connectivity index (χ4n) is 4.26. The fraction of sp³-hybridized carbons (Fsp3) is 0.222. The van der Waals surface area contributed by atoms with Gasteiger partial charge in [0.25, 0.3) is 5.91 Å². The molecule has 2 aromatic heterocycles. The van der Waals surface area contributed by atoms with Gasteiger partial charge in [-0.2, -0.15) is 0 Å². The third-order valence-corrected chi connectivity index (χ3v) is 5.89. The minimum Gasteiger partial charge on any atom is -0.494 e. The van der Waals surface area contributed by atoms with Crippen LogP contribution in [0.2, 0.25) is 0 Å². The normalized spacial score (nSPS) is 15.1. The van der Waals surface area contributed by atoms with Crippen molar-refractivity contribution < 1.29 is 13.9 Å². The molecule has 6 heteroatoms. The van der Waals surface area contributed by atoms with E-state index in [0.29, 0.717) is 29.0 Å². The Balaban J connectivity index is 1.60. The van der Waals surface area contributed by atoms with Gasteiger partial charge in [0.15, 0.2) is 5.43 Å². The Morgan fingerprint density at radius 2 is 1.76 bits per heavy atom. The number of amides is 1. The largest absolute Gasteiger partial charge is 0.494 e. The van der Waals surface area contributed by atoms with Crippen LogP contribution in [-0.2, 0) is 0 Å². The summed E-state index contributed by atoms with van der Waals surface area (Å²) in [7, 11) is 0. The van der Waals surface area contributed by atoms with E-state index in [9.17, 15) is 9.59 Å². The molecule has 0 aliphatic carbocycles. The molecule has 1 aliphatic rings. The Kier molecular flexibility index (Phi) is 5.65. The second-order valence-corrected chi connectivity index (χ2v) is 8.06. The Hall–Kier alpha value is -3.93. The van der Waals surface area contributed by atoms with Gasteiger partial charge in [0, 0.05) is 6.20 Å². The van der Waals surface area contributed by atoms with Crippen molar-refractivity contribution >= 4 is 22.7 Å². The van der Waals surface area contributed by atoms with Crippen LogP contribution in [0.1, 0.15) is 53.9 Å². The second kappa shape index (κ2) is 8.90. The van der Waals surface area contributed by atoms with E-state index in [1.165, 1.54) is 4.90 Å². The van der Waals surface area contributed by atoms with Crippen molar-refractivity contribution in [1.82, 2.24) is 4.98 Å². The van der Waals surface area contributed by atoms with Crippen molar-refractivity contribution in [3.05, 3.63) is 100 Å². The molecule has 0 saturated carbocycles. The van der Waals surface area contributed by atoms with E-state index in [-0.39, 0.29) is 17.1 Å². The van der Waals surface area contributed by atoms with E-state index in [2.05, 4.69) is 11.9 Å². The van der Waals surface area contributed by atoms with Crippen LogP contribution in [0.5, 0.6) is 5.75 Å². The second-order valence-electron chi connectivity index (χ2n) is 8.06. The van der Waals surface area contributed by atoms with Crippen LogP contribution in [0.3, 0.4) is 0 Å². The van der Waals surface area contributed by atoms with Crippen molar-refractivity contribution in [1.29, 1.82) is 0 Å². The number of anilines is 1. The molecule has 33 heavy (non-hydrogen) atoms. The highest BCUT2D eigenvalue weighted by molar-refractivity contribution is 6.10. The molecule has 1 unspecified atom stereocenters. The van der Waals surface area contributed by atoms with Crippen molar-refractivity contribution in [2.24, 2.45) is 0 Å². The quantitative estimate of drug-likeness (QED) is 0.355. The number of benzene rings is 2. The number of aromatic nitrogens is 1. The number of carbonyl (C=O) groups is 1. The average molecular weight is 440 g/mol. The molecule has 3 heterocycles. The summed E-state index contributed by atoms with van der Waals surface area (Å²) in [5, 5.41) is 0.452. The first kappa shape index (κ1) is 20.9. The summed E-state index contributed by atoms with van der Waals surface area (Å²) in [5.41, 5.74) is 1.31. The van der Waals surface area contributed by atoms with Gasteiger partial charge in [0.1, 0.15) is 17.2 Å². The highest BCUT2D eigenvalue weighted by atomic mass is 16.5. The first-order valence-corrected chi connectivity index (χ1v) is 11.2. The SMILES string of the molecule is CCCCCOc1ccc(C2c3c(oc4ccccc4c3=O)C(=O)N2c2ccccn2)cc1. The van der Waals surface area contributed by atoms with Crippen LogP contribution in [-0.4, -0.2) is 17.5 Å². The standard InChI is InChI=1S/C27H24N2O4/c1-2-3-8-17-32-19-14-12-18(13-15-19)24-23-25(30)20-9-4-5-10-21(20)33-26(23)27(31)29(24)22-11-6-7-16-28-22/h4-7,9-16,24H,2-3,8,17H2,1H3. The van der Waals surface area contributed by atoms with Crippen LogP contribution in [0.4, 0.5) is 5.82 Å². The molecule has 2 aromatic carbocycles. The van der Waals surface area contributed by atoms with Crippen molar-refractivity contribution in [3.63, 3.8) is 0 Å². The van der Waals surface area contributed by atoms with E-state index >= 15 is 0 Å². The van der Waals surface area contributed by atoms with E-state index < -0.39 is 6.04 Å². The van der Waals surface area contributed by atoms with Gasteiger partial charge in [-0.15, -0.1) is 0 Å². The van der Waals surface area contributed by atoms with Crippen LogP contribution >= 0.6 is 0 Å². The van der Waals surface area contributed by atoms with E-state index in [1.807, 2.05) is 30.3 Å². The number of fused-ring (bicyclic) bond motifs is 2. The van der Waals surface area contributed by atoms with E-state index in [1.54, 1.807) is 42.6 Å². The number of unbranched alkanes of at least 4 members (excludes halogenated alkanes) is 2. The van der Waals surface area contributed by atoms with Crippen molar-refractivity contribution in [2.45, 2.75) is 32.2 Å². The Bertz CT molecular complexity index is 1350. The van der Waals surface area contributed by atoms with Gasteiger partial charge in [-0.25, -0.2) is 4.98 Å². The molecule has 0 N–H and O–H groups in total. The third kappa shape index (κ3) is 3.78. The summed E-state index contributed by atoms with van der Waals surface area (Å²) in [6.45, 7) is 2.82. The first-order chi connectivity index (χ1) is 16.2. The number of pyridine rings is 1. The molecule has 4 aromatic rings. The summed E-state index contributed by atoms with van der Waals surface area (Å²) in [4.78, 5) is 32.9. The molecule has 0 bridgehead atoms. The molecule has 1 atom stereocenters. The third-order valence-electron chi connectivity index (χ3n) is 5.89. The van der Waals surface area contributed by atoms with Crippen LogP contribution in [0.15, 0.2) is 82.1 Å². The lowest BCUT2D eigenvalue weighted by Gasteiger charge is -2.24. The number of carbonyl (C=O) groups excluding carboxylic acids is 1. The molecule has 0 spiro atoms. The maximum absolute atomic E-state index is 13.5. The monoisotopic (exact) mass is 440 g/mol. The summed E-state index contributed by atoms with van der Waals surface area (Å²) >= 11 is 0. The topological polar surface area (TPSA) is 72.6 Å². The van der Waals surface area contributed by atoms with Gasteiger partial charge in [-0.05, 0) is 48.4 Å². The minimum absolute atomic E-state index is 0.0641. The van der Waals surface area contributed by atoms with Crippen molar-refractivity contribution in [3.8, 4) is 5.75 Å². The van der Waals surface area contributed by atoms with Gasteiger partial charge in [0.2, 0.25) is 5.76 Å². The zero-order valence-electron chi connectivity index (χ0n) is 18.4. The molecule has 5 rings (SSSR count). The lowest BCUT2D eigenvalue weighted by molar-refractivity contribution is 0.0970. The molecular weight excluding hydrogens is 416 g/mol. The number of nitrogens with zero attached hydrogens (tertiary/aromatic N) is 2. The first-order valence-electron chi connectivity index (χ1n) is 11.2. The molecule has 1 amide bonds. The van der Waals surface area contributed by atoms with Gasteiger partial charge >= 0.3 is 0 Å². The molecular formula is C27H24N2O4. The van der Waals surface area contributed by atoms with E-state index in [4.69, 9.17) is 9.15 Å². The molecule has 166 valence electrons. The fourth-order valence-corrected chi connectivity index (χ4v) is 4.26. The summed E-state index contributed by atoms with van der Waals surface area (Å²) in [5.74, 6) is 0.905. The molecule has 0 radical (unpaired) electrons. The maximum atomic E-state index is 13.5. The zero-order chi connectivity index (χ0) is 22.8. The number of para-hydroxylation sites is 1. The summed E-state index contributed by atoms with van der Waals surface area (Å²) < 4.78 is 11.8. The Labute approximate surface area is 191 Å². The molecule has 0 fully saturated rings. The van der Waals surface area contributed by atoms with Gasteiger partial charge in [-0.3, -0.25) is 14.5 Å². The van der Waals surface area contributed by atoms with Crippen LogP contribution < -0.4 is 15.1 Å². The van der Waals surface area contributed by atoms with Crippen LogP contribution in [0.25, 0.3) is 11.0 Å². The molecule has 0 saturated heterocycles. The van der Waals surface area contributed by atoms with Gasteiger partial charge in [0.05, 0.1) is 23.6 Å². The number of ether oxygens (including phenoxy) is 1. The van der Waals surface area contributed by atoms with Gasteiger partial charge < -0.3 is 9.15 Å². The van der Waals surface area contributed by atoms with Crippen molar-refractivity contribution in [2.75, 3.05) is 11.5 Å². The lowest BCUT2D eigenvalue weighted by atomic mass is 9.98. The highest BCUT2D eigenvalue weighted by Crippen LogP contribution is 2.40. The van der Waals surface area contributed by atoms with Crippen LogP contribution in [0, 0.1) is 0 Å². The predicted octanol–water partition coefficient (Wildman–Crippen LogP) is 5.51.